The molecule has 7 heteroatoms. The van der Waals surface area contributed by atoms with Crippen molar-refractivity contribution in [2.75, 3.05) is 6.61 Å². The standard InChI is InChI=1S/C26H44O6S/c1-3-5-7-9-11-13-15-17-22-19-20-24(33(29,30)31)26(32-21-25(27)28)23(22)18-16-14-12-10-8-6-4-2/h19-20H,3-18,21H2,1-2H3,(H,27,28)(H,29,30,31). The van der Waals surface area contributed by atoms with Crippen LogP contribution in [0.1, 0.15) is 115 Å². The second kappa shape index (κ2) is 16.9. The number of hydrogen-bond acceptors (Lipinski definition) is 4. The molecule has 0 heterocycles. The molecule has 0 unspecified atom stereocenters. The average Bonchev–Trinajstić information content (AvgIpc) is 2.76. The fourth-order valence-corrected chi connectivity index (χ4v) is 4.84. The second-order valence-electron chi connectivity index (χ2n) is 8.93. The number of ether oxygens (including phenoxy) is 1. The monoisotopic (exact) mass is 484 g/mol. The van der Waals surface area contributed by atoms with Gasteiger partial charge < -0.3 is 9.84 Å². The van der Waals surface area contributed by atoms with Crippen LogP contribution in [0.5, 0.6) is 5.75 Å². The minimum atomic E-state index is -4.52. The fourth-order valence-electron chi connectivity index (χ4n) is 4.18. The minimum absolute atomic E-state index is 0.00586. The summed E-state index contributed by atoms with van der Waals surface area (Å²) < 4.78 is 39.0. The summed E-state index contributed by atoms with van der Waals surface area (Å²) in [5.74, 6) is -1.18. The van der Waals surface area contributed by atoms with Crippen molar-refractivity contribution in [3.05, 3.63) is 23.3 Å². The van der Waals surface area contributed by atoms with E-state index in [0.717, 1.165) is 49.7 Å². The van der Waals surface area contributed by atoms with Gasteiger partial charge in [-0.3, -0.25) is 4.55 Å². The third-order valence-electron chi connectivity index (χ3n) is 6.02. The van der Waals surface area contributed by atoms with E-state index < -0.39 is 22.7 Å². The van der Waals surface area contributed by atoms with Gasteiger partial charge in [0.25, 0.3) is 10.1 Å². The molecule has 0 aliphatic heterocycles. The number of carboxylic acids is 1. The lowest BCUT2D eigenvalue weighted by Gasteiger charge is -2.18. The van der Waals surface area contributed by atoms with E-state index in [0.29, 0.717) is 6.42 Å². The van der Waals surface area contributed by atoms with Gasteiger partial charge in [-0.15, -0.1) is 0 Å². The molecule has 0 aliphatic carbocycles. The lowest BCUT2D eigenvalue weighted by atomic mass is 9.95. The molecule has 33 heavy (non-hydrogen) atoms. The summed E-state index contributed by atoms with van der Waals surface area (Å²) in [6.07, 6.45) is 17.5. The van der Waals surface area contributed by atoms with Crippen molar-refractivity contribution in [3.8, 4) is 5.75 Å². The summed E-state index contributed by atoms with van der Waals surface area (Å²) in [7, 11) is -4.52. The molecule has 0 radical (unpaired) electrons. The molecule has 190 valence electrons. The average molecular weight is 485 g/mol. The highest BCUT2D eigenvalue weighted by atomic mass is 32.2. The molecule has 0 atom stereocenters. The molecule has 0 saturated carbocycles. The van der Waals surface area contributed by atoms with E-state index in [1.807, 2.05) is 0 Å². The zero-order valence-corrected chi connectivity index (χ0v) is 21.4. The normalized spacial score (nSPS) is 11.6. The fraction of sp³-hybridized carbons (Fsp3) is 0.731. The Morgan fingerprint density at radius 1 is 0.788 bits per heavy atom. The molecule has 0 aromatic heterocycles. The molecular weight excluding hydrogens is 440 g/mol. The first kappa shape index (κ1) is 29.4. The first-order valence-electron chi connectivity index (χ1n) is 12.8. The topological polar surface area (TPSA) is 101 Å². The quantitative estimate of drug-likeness (QED) is 0.153. The third kappa shape index (κ3) is 12.4. The highest BCUT2D eigenvalue weighted by molar-refractivity contribution is 7.86. The SMILES string of the molecule is CCCCCCCCCc1ccc(S(=O)(=O)O)c(OCC(=O)O)c1CCCCCCCCC. The Kier molecular flexibility index (Phi) is 15.1. The first-order valence-corrected chi connectivity index (χ1v) is 14.2. The van der Waals surface area contributed by atoms with Gasteiger partial charge in [0.05, 0.1) is 0 Å². The summed E-state index contributed by atoms with van der Waals surface area (Å²) in [6.45, 7) is 3.74. The Labute approximate surface area is 200 Å². The zero-order chi connectivity index (χ0) is 24.5. The van der Waals surface area contributed by atoms with Crippen molar-refractivity contribution in [2.24, 2.45) is 0 Å². The van der Waals surface area contributed by atoms with Gasteiger partial charge >= 0.3 is 5.97 Å². The first-order chi connectivity index (χ1) is 15.8. The summed E-state index contributed by atoms with van der Waals surface area (Å²) in [6, 6.07) is 3.10. The van der Waals surface area contributed by atoms with Gasteiger partial charge in [0, 0.05) is 0 Å². The molecule has 1 aromatic carbocycles. The summed E-state index contributed by atoms with van der Waals surface area (Å²) in [4.78, 5) is 10.8. The Morgan fingerprint density at radius 2 is 1.27 bits per heavy atom. The van der Waals surface area contributed by atoms with E-state index in [1.165, 1.54) is 63.9 Å². The lowest BCUT2D eigenvalue weighted by Crippen LogP contribution is -2.14. The van der Waals surface area contributed by atoms with Crippen LogP contribution in [0.2, 0.25) is 0 Å². The van der Waals surface area contributed by atoms with Crippen LogP contribution in [0.25, 0.3) is 0 Å². The van der Waals surface area contributed by atoms with Crippen molar-refractivity contribution in [2.45, 2.75) is 121 Å². The van der Waals surface area contributed by atoms with Gasteiger partial charge in [0.15, 0.2) is 6.61 Å². The van der Waals surface area contributed by atoms with Crippen molar-refractivity contribution in [1.29, 1.82) is 0 Å². The number of carbonyl (C=O) groups is 1. The number of aliphatic carboxylic acids is 1. The number of unbranched alkanes of at least 4 members (excludes halogenated alkanes) is 12. The maximum Gasteiger partial charge on any atom is 0.341 e. The van der Waals surface area contributed by atoms with Crippen molar-refractivity contribution in [1.82, 2.24) is 0 Å². The largest absolute Gasteiger partial charge is 0.480 e. The predicted molar refractivity (Wildman–Crippen MR) is 133 cm³/mol. The Bertz CT molecular complexity index is 788. The van der Waals surface area contributed by atoms with Crippen LogP contribution in [-0.2, 0) is 27.8 Å². The molecule has 0 amide bonds. The van der Waals surface area contributed by atoms with E-state index in [2.05, 4.69) is 13.8 Å². The highest BCUT2D eigenvalue weighted by Gasteiger charge is 2.23. The summed E-state index contributed by atoms with van der Waals surface area (Å²) in [5.41, 5.74) is 1.72. The van der Waals surface area contributed by atoms with Crippen LogP contribution in [0.3, 0.4) is 0 Å². The van der Waals surface area contributed by atoms with Gasteiger partial charge in [-0.25, -0.2) is 4.79 Å². The number of rotatable bonds is 20. The Balaban J connectivity index is 2.94. The summed E-state index contributed by atoms with van der Waals surface area (Å²) >= 11 is 0. The van der Waals surface area contributed by atoms with Gasteiger partial charge in [-0.1, -0.05) is 97.0 Å². The van der Waals surface area contributed by atoms with E-state index in [9.17, 15) is 17.8 Å². The molecule has 0 aliphatic rings. The molecule has 1 aromatic rings. The number of carboxylic acid groups (broad SMARTS) is 1. The van der Waals surface area contributed by atoms with Crippen LogP contribution in [0.15, 0.2) is 17.0 Å². The van der Waals surface area contributed by atoms with Crippen LogP contribution in [0, 0.1) is 0 Å². The molecular formula is C26H44O6S. The highest BCUT2D eigenvalue weighted by Crippen LogP contribution is 2.33. The smallest absolute Gasteiger partial charge is 0.341 e. The number of hydrogen-bond donors (Lipinski definition) is 2. The number of aryl methyl sites for hydroxylation is 1. The van der Waals surface area contributed by atoms with Gasteiger partial charge in [0.2, 0.25) is 0 Å². The molecule has 6 nitrogen and oxygen atoms in total. The van der Waals surface area contributed by atoms with Crippen molar-refractivity contribution < 1.29 is 27.6 Å². The lowest BCUT2D eigenvalue weighted by molar-refractivity contribution is -0.139. The maximum absolute atomic E-state index is 12.0. The van der Waals surface area contributed by atoms with Crippen molar-refractivity contribution >= 4 is 16.1 Å². The summed E-state index contributed by atoms with van der Waals surface area (Å²) in [5, 5.41) is 9.07. The maximum atomic E-state index is 12.0. The molecule has 0 saturated heterocycles. The van der Waals surface area contributed by atoms with E-state index >= 15 is 0 Å². The second-order valence-corrected chi connectivity index (χ2v) is 10.3. The van der Waals surface area contributed by atoms with E-state index in [-0.39, 0.29) is 10.6 Å². The molecule has 0 bridgehead atoms. The zero-order valence-electron chi connectivity index (χ0n) is 20.6. The van der Waals surface area contributed by atoms with E-state index in [4.69, 9.17) is 9.84 Å². The van der Waals surface area contributed by atoms with Crippen LogP contribution in [-0.4, -0.2) is 30.7 Å². The third-order valence-corrected chi connectivity index (χ3v) is 6.90. The Hall–Kier alpha value is -1.60. The number of benzene rings is 1. The van der Waals surface area contributed by atoms with Gasteiger partial charge in [-0.2, -0.15) is 8.42 Å². The molecule has 1 rings (SSSR count). The van der Waals surface area contributed by atoms with Crippen molar-refractivity contribution in [3.63, 3.8) is 0 Å². The van der Waals surface area contributed by atoms with Crippen LogP contribution in [0.4, 0.5) is 0 Å². The molecule has 2 N–H and O–H groups in total. The molecule has 0 fully saturated rings. The molecule has 0 spiro atoms. The minimum Gasteiger partial charge on any atom is -0.480 e. The van der Waals surface area contributed by atoms with Crippen LogP contribution >= 0.6 is 0 Å². The van der Waals surface area contributed by atoms with Gasteiger partial charge in [-0.05, 0) is 42.9 Å². The van der Waals surface area contributed by atoms with Crippen LogP contribution < -0.4 is 4.74 Å². The predicted octanol–water partition coefficient (Wildman–Crippen LogP) is 6.98. The van der Waals surface area contributed by atoms with Gasteiger partial charge in [0.1, 0.15) is 10.6 Å². The van der Waals surface area contributed by atoms with E-state index in [1.54, 1.807) is 6.07 Å². The Morgan fingerprint density at radius 3 is 1.76 bits per heavy atom.